The number of carbonyl (C=O) groups excluding carboxylic acids is 1. The summed E-state index contributed by atoms with van der Waals surface area (Å²) in [7, 11) is 0. The first-order valence-corrected chi connectivity index (χ1v) is 8.07. The van der Waals surface area contributed by atoms with Gasteiger partial charge in [-0.1, -0.05) is 22.9 Å². The quantitative estimate of drug-likeness (QED) is 0.351. The van der Waals surface area contributed by atoms with E-state index in [9.17, 15) is 4.79 Å². The Bertz CT molecular complexity index is 509. The van der Waals surface area contributed by atoms with Crippen LogP contribution in [0.15, 0.2) is 34.3 Å². The van der Waals surface area contributed by atoms with Crippen molar-refractivity contribution in [3.8, 4) is 0 Å². The van der Waals surface area contributed by atoms with Gasteiger partial charge >= 0.3 is 0 Å². The maximum atomic E-state index is 11.6. The SMILES string of the molecule is N/C(=N\OCC(=O)NCCC1=CCCCC1)c1cccs1. The monoisotopic (exact) mass is 307 g/mol. The van der Waals surface area contributed by atoms with Gasteiger partial charge in [0.15, 0.2) is 12.4 Å². The summed E-state index contributed by atoms with van der Waals surface area (Å²) in [5.74, 6) is 0.124. The van der Waals surface area contributed by atoms with E-state index in [0.29, 0.717) is 12.4 Å². The molecule has 1 aliphatic carbocycles. The van der Waals surface area contributed by atoms with Crippen molar-refractivity contribution in [2.75, 3.05) is 13.2 Å². The van der Waals surface area contributed by atoms with Gasteiger partial charge in [0.05, 0.1) is 4.88 Å². The highest BCUT2D eigenvalue weighted by molar-refractivity contribution is 7.12. The van der Waals surface area contributed by atoms with Gasteiger partial charge in [0.2, 0.25) is 0 Å². The minimum absolute atomic E-state index is 0.106. The van der Waals surface area contributed by atoms with E-state index in [0.717, 1.165) is 17.7 Å². The van der Waals surface area contributed by atoms with Crippen molar-refractivity contribution in [2.24, 2.45) is 10.9 Å². The minimum Gasteiger partial charge on any atom is -0.384 e. The van der Waals surface area contributed by atoms with E-state index in [1.165, 1.54) is 36.2 Å². The Morgan fingerprint density at radius 1 is 1.48 bits per heavy atom. The summed E-state index contributed by atoms with van der Waals surface area (Å²) >= 11 is 1.48. The fourth-order valence-electron chi connectivity index (χ4n) is 2.17. The number of carbonyl (C=O) groups is 1. The molecule has 1 aromatic rings. The van der Waals surface area contributed by atoms with Gasteiger partial charge in [-0.15, -0.1) is 11.3 Å². The number of oxime groups is 1. The van der Waals surface area contributed by atoms with Crippen LogP contribution in [-0.2, 0) is 9.63 Å². The number of amides is 1. The number of nitrogens with one attached hydrogen (secondary N) is 1. The van der Waals surface area contributed by atoms with E-state index in [-0.39, 0.29) is 12.5 Å². The van der Waals surface area contributed by atoms with Gasteiger partial charge in [0.1, 0.15) is 0 Å². The van der Waals surface area contributed by atoms with Gasteiger partial charge in [-0.05, 0) is 43.6 Å². The first-order chi connectivity index (χ1) is 10.3. The summed E-state index contributed by atoms with van der Waals surface area (Å²) in [6.07, 6.45) is 8.09. The lowest BCUT2D eigenvalue weighted by molar-refractivity contribution is -0.125. The normalized spacial score (nSPS) is 15.4. The molecular formula is C15H21N3O2S. The zero-order chi connectivity index (χ0) is 14.9. The summed E-state index contributed by atoms with van der Waals surface area (Å²) in [4.78, 5) is 17.4. The molecule has 0 aromatic carbocycles. The lowest BCUT2D eigenvalue weighted by atomic mass is 9.97. The van der Waals surface area contributed by atoms with Crippen molar-refractivity contribution in [3.05, 3.63) is 34.0 Å². The number of allylic oxidation sites excluding steroid dienone is 1. The number of nitrogens with zero attached hydrogens (tertiary/aromatic N) is 1. The molecule has 0 saturated heterocycles. The lowest BCUT2D eigenvalue weighted by Crippen LogP contribution is -2.28. The second-order valence-electron chi connectivity index (χ2n) is 4.94. The molecule has 0 radical (unpaired) electrons. The van der Waals surface area contributed by atoms with E-state index in [2.05, 4.69) is 16.5 Å². The predicted octanol–water partition coefficient (Wildman–Crippen LogP) is 2.39. The zero-order valence-electron chi connectivity index (χ0n) is 12.0. The Morgan fingerprint density at radius 2 is 2.38 bits per heavy atom. The third-order valence-corrected chi connectivity index (χ3v) is 4.18. The molecule has 1 amide bonds. The zero-order valence-corrected chi connectivity index (χ0v) is 12.8. The largest absolute Gasteiger partial charge is 0.384 e. The molecule has 0 bridgehead atoms. The molecule has 3 N–H and O–H groups in total. The Hall–Kier alpha value is -1.82. The van der Waals surface area contributed by atoms with E-state index >= 15 is 0 Å². The fourth-order valence-corrected chi connectivity index (χ4v) is 2.79. The topological polar surface area (TPSA) is 76.7 Å². The Labute approximate surface area is 128 Å². The minimum atomic E-state index is -0.172. The molecule has 0 saturated carbocycles. The summed E-state index contributed by atoms with van der Waals surface area (Å²) in [5, 5.41) is 8.47. The van der Waals surface area contributed by atoms with Crippen LogP contribution in [0.5, 0.6) is 0 Å². The third kappa shape index (κ3) is 5.59. The lowest BCUT2D eigenvalue weighted by Gasteiger charge is -2.12. The predicted molar refractivity (Wildman–Crippen MR) is 85.2 cm³/mol. The van der Waals surface area contributed by atoms with Crippen LogP contribution in [0.25, 0.3) is 0 Å². The smallest absolute Gasteiger partial charge is 0.260 e. The van der Waals surface area contributed by atoms with Crippen LogP contribution >= 0.6 is 11.3 Å². The highest BCUT2D eigenvalue weighted by atomic mass is 32.1. The molecule has 1 heterocycles. The van der Waals surface area contributed by atoms with Crippen molar-refractivity contribution < 1.29 is 9.63 Å². The molecule has 0 fully saturated rings. The fraction of sp³-hybridized carbons (Fsp3) is 0.467. The van der Waals surface area contributed by atoms with E-state index in [1.54, 1.807) is 0 Å². The second-order valence-corrected chi connectivity index (χ2v) is 5.88. The summed E-state index contributed by atoms with van der Waals surface area (Å²) < 4.78 is 0. The van der Waals surface area contributed by atoms with Crippen LogP contribution in [-0.4, -0.2) is 24.9 Å². The molecule has 0 spiro atoms. The summed E-state index contributed by atoms with van der Waals surface area (Å²) in [5.41, 5.74) is 7.17. The van der Waals surface area contributed by atoms with Crippen molar-refractivity contribution in [3.63, 3.8) is 0 Å². The highest BCUT2D eigenvalue weighted by Gasteiger charge is 2.06. The van der Waals surface area contributed by atoms with Crippen molar-refractivity contribution in [1.29, 1.82) is 0 Å². The number of nitrogens with two attached hydrogens (primary N) is 1. The molecule has 2 rings (SSSR count). The van der Waals surface area contributed by atoms with Crippen LogP contribution in [0.1, 0.15) is 37.0 Å². The molecule has 114 valence electrons. The molecule has 0 unspecified atom stereocenters. The Kier molecular flexibility index (Phi) is 6.27. The van der Waals surface area contributed by atoms with Crippen molar-refractivity contribution >= 4 is 23.1 Å². The number of amidine groups is 1. The number of thiophene rings is 1. The van der Waals surface area contributed by atoms with Crippen LogP contribution in [0.4, 0.5) is 0 Å². The van der Waals surface area contributed by atoms with Gasteiger partial charge in [0, 0.05) is 6.54 Å². The van der Waals surface area contributed by atoms with E-state index < -0.39 is 0 Å². The molecule has 0 aliphatic heterocycles. The first-order valence-electron chi connectivity index (χ1n) is 7.19. The maximum absolute atomic E-state index is 11.6. The van der Waals surface area contributed by atoms with Crippen molar-refractivity contribution in [2.45, 2.75) is 32.1 Å². The van der Waals surface area contributed by atoms with Crippen LogP contribution in [0.3, 0.4) is 0 Å². The molecule has 0 atom stereocenters. The van der Waals surface area contributed by atoms with E-state index in [4.69, 9.17) is 10.6 Å². The molecule has 6 heteroatoms. The Morgan fingerprint density at radius 3 is 3.10 bits per heavy atom. The molecule has 5 nitrogen and oxygen atoms in total. The molecule has 1 aromatic heterocycles. The number of hydrogen-bond donors (Lipinski definition) is 2. The Balaban J connectivity index is 1.61. The average molecular weight is 307 g/mol. The van der Waals surface area contributed by atoms with Crippen LogP contribution in [0, 0.1) is 0 Å². The standard InChI is InChI=1S/C15H21N3O2S/c16-15(13-7-4-10-21-13)18-20-11-14(19)17-9-8-12-5-2-1-3-6-12/h4-5,7,10H,1-3,6,8-9,11H2,(H2,16,18)(H,17,19). The third-order valence-electron chi connectivity index (χ3n) is 3.29. The van der Waals surface area contributed by atoms with Crippen LogP contribution < -0.4 is 11.1 Å². The molecule has 21 heavy (non-hydrogen) atoms. The average Bonchev–Trinajstić information content (AvgIpc) is 3.02. The summed E-state index contributed by atoms with van der Waals surface area (Å²) in [6.45, 7) is 0.545. The van der Waals surface area contributed by atoms with Gasteiger partial charge in [-0.3, -0.25) is 4.79 Å². The van der Waals surface area contributed by atoms with Crippen molar-refractivity contribution in [1.82, 2.24) is 5.32 Å². The van der Waals surface area contributed by atoms with Gasteiger partial charge in [-0.25, -0.2) is 0 Å². The van der Waals surface area contributed by atoms with Crippen LogP contribution in [0.2, 0.25) is 0 Å². The van der Waals surface area contributed by atoms with Gasteiger partial charge in [-0.2, -0.15) is 0 Å². The van der Waals surface area contributed by atoms with Gasteiger partial charge < -0.3 is 15.9 Å². The molecular weight excluding hydrogens is 286 g/mol. The number of hydrogen-bond acceptors (Lipinski definition) is 4. The van der Waals surface area contributed by atoms with E-state index in [1.807, 2.05) is 17.5 Å². The first kappa shape index (κ1) is 15.6. The maximum Gasteiger partial charge on any atom is 0.260 e. The van der Waals surface area contributed by atoms with Gasteiger partial charge in [0.25, 0.3) is 5.91 Å². The molecule has 1 aliphatic rings. The summed E-state index contributed by atoms with van der Waals surface area (Å²) in [6, 6.07) is 3.74. The highest BCUT2D eigenvalue weighted by Crippen LogP contribution is 2.19. The number of rotatable bonds is 7. The second kappa shape index (κ2) is 8.46.